The number of thiophene rings is 1. The van der Waals surface area contributed by atoms with Crippen molar-refractivity contribution in [1.29, 1.82) is 0 Å². The highest BCUT2D eigenvalue weighted by Crippen LogP contribution is 2.30. The van der Waals surface area contributed by atoms with Crippen LogP contribution in [0.4, 0.5) is 4.79 Å². The van der Waals surface area contributed by atoms with Gasteiger partial charge in [-0.3, -0.25) is 9.69 Å². The highest BCUT2D eigenvalue weighted by Gasteiger charge is 2.51. The molecule has 0 bridgehead atoms. The van der Waals surface area contributed by atoms with Crippen LogP contribution in [0.15, 0.2) is 44.8 Å². The van der Waals surface area contributed by atoms with Crippen LogP contribution in [0.3, 0.4) is 0 Å². The molecule has 0 unspecified atom stereocenters. The fraction of sp³-hybridized carbons (Fsp3) is 0.200. The Bertz CT molecular complexity index is 887. The van der Waals surface area contributed by atoms with Gasteiger partial charge in [0, 0.05) is 0 Å². The molecule has 8 nitrogen and oxygen atoms in total. The van der Waals surface area contributed by atoms with Gasteiger partial charge >= 0.3 is 6.03 Å². The number of imide groups is 1. The lowest BCUT2D eigenvalue weighted by Crippen LogP contribution is -2.40. The van der Waals surface area contributed by atoms with Gasteiger partial charge in [-0.2, -0.15) is 4.98 Å². The highest BCUT2D eigenvalue weighted by molar-refractivity contribution is 7.13. The van der Waals surface area contributed by atoms with Crippen LogP contribution < -0.4 is 5.32 Å². The summed E-state index contributed by atoms with van der Waals surface area (Å²) in [5.74, 6) is 0.554. The number of nitrogens with one attached hydrogen (secondary N) is 1. The minimum atomic E-state index is -1.24. The number of carbonyl (C=O) groups excluding carboxylic acids is 2. The molecule has 1 atom stereocenters. The molecule has 1 aliphatic rings. The highest BCUT2D eigenvalue weighted by atomic mass is 32.1. The molecule has 3 aromatic rings. The van der Waals surface area contributed by atoms with Gasteiger partial charge in [0.05, 0.1) is 11.1 Å². The summed E-state index contributed by atoms with van der Waals surface area (Å²) in [6.45, 7) is 1.50. The van der Waals surface area contributed by atoms with E-state index < -0.39 is 17.5 Å². The largest absolute Gasteiger partial charge is 0.466 e. The third-order valence-corrected chi connectivity index (χ3v) is 4.66. The van der Waals surface area contributed by atoms with Gasteiger partial charge in [-0.15, -0.1) is 11.3 Å². The molecule has 122 valence electrons. The summed E-state index contributed by atoms with van der Waals surface area (Å²) in [4.78, 5) is 31.0. The van der Waals surface area contributed by atoms with Crippen LogP contribution in [0, 0.1) is 0 Å². The summed E-state index contributed by atoms with van der Waals surface area (Å²) in [5, 5.41) is 8.42. The molecule has 3 aromatic heterocycles. The van der Waals surface area contributed by atoms with Gasteiger partial charge in [0.25, 0.3) is 5.91 Å². The number of aromatic nitrogens is 2. The lowest BCUT2D eigenvalue weighted by Gasteiger charge is -2.18. The SMILES string of the molecule is C[C@]1(c2ccco2)NC(=O)N(Cc2nc(-c3cccs3)no2)C1=O. The first-order chi connectivity index (χ1) is 11.6. The lowest BCUT2D eigenvalue weighted by atomic mass is 9.99. The van der Waals surface area contributed by atoms with Crippen molar-refractivity contribution < 1.29 is 18.5 Å². The summed E-state index contributed by atoms with van der Waals surface area (Å²) in [7, 11) is 0. The van der Waals surface area contributed by atoms with Crippen LogP contribution in [0.5, 0.6) is 0 Å². The Labute approximate surface area is 140 Å². The number of hydrogen-bond acceptors (Lipinski definition) is 7. The van der Waals surface area contributed by atoms with Gasteiger partial charge in [0.15, 0.2) is 5.54 Å². The molecule has 1 saturated heterocycles. The number of hydrogen-bond donors (Lipinski definition) is 1. The van der Waals surface area contributed by atoms with E-state index in [1.54, 1.807) is 19.1 Å². The number of amides is 3. The van der Waals surface area contributed by atoms with Crippen LogP contribution in [-0.2, 0) is 16.9 Å². The fourth-order valence-electron chi connectivity index (χ4n) is 2.53. The Balaban J connectivity index is 1.57. The van der Waals surface area contributed by atoms with Crippen molar-refractivity contribution in [3.63, 3.8) is 0 Å². The second-order valence-electron chi connectivity index (χ2n) is 5.41. The Morgan fingerprint density at radius 3 is 2.92 bits per heavy atom. The zero-order valence-electron chi connectivity index (χ0n) is 12.6. The van der Waals surface area contributed by atoms with E-state index in [0.717, 1.165) is 9.78 Å². The fourth-order valence-corrected chi connectivity index (χ4v) is 3.18. The van der Waals surface area contributed by atoms with E-state index in [2.05, 4.69) is 15.5 Å². The van der Waals surface area contributed by atoms with E-state index in [0.29, 0.717) is 11.6 Å². The summed E-state index contributed by atoms with van der Waals surface area (Å²) >= 11 is 1.47. The summed E-state index contributed by atoms with van der Waals surface area (Å²) in [6.07, 6.45) is 1.45. The number of carbonyl (C=O) groups is 2. The van der Waals surface area contributed by atoms with Crippen LogP contribution in [-0.4, -0.2) is 27.0 Å². The van der Waals surface area contributed by atoms with E-state index in [9.17, 15) is 9.59 Å². The van der Waals surface area contributed by atoms with Gasteiger partial charge < -0.3 is 14.3 Å². The van der Waals surface area contributed by atoms with Gasteiger partial charge in [0.2, 0.25) is 11.7 Å². The molecule has 1 aliphatic heterocycles. The maximum atomic E-state index is 12.7. The van der Waals surface area contributed by atoms with Crippen molar-refractivity contribution in [2.24, 2.45) is 0 Å². The number of nitrogens with zero attached hydrogens (tertiary/aromatic N) is 3. The normalized spacial score (nSPS) is 20.6. The Morgan fingerprint density at radius 1 is 1.33 bits per heavy atom. The molecule has 1 fully saturated rings. The first-order valence-electron chi connectivity index (χ1n) is 7.12. The first-order valence-corrected chi connectivity index (χ1v) is 8.00. The maximum Gasteiger partial charge on any atom is 0.325 e. The smallest absolute Gasteiger partial charge is 0.325 e. The van der Waals surface area contributed by atoms with E-state index >= 15 is 0 Å². The zero-order chi connectivity index (χ0) is 16.7. The number of urea groups is 1. The molecule has 0 spiro atoms. The second kappa shape index (κ2) is 5.31. The predicted molar refractivity (Wildman–Crippen MR) is 82.8 cm³/mol. The molecule has 0 radical (unpaired) electrons. The summed E-state index contributed by atoms with van der Waals surface area (Å²) < 4.78 is 10.4. The maximum absolute atomic E-state index is 12.7. The van der Waals surface area contributed by atoms with Gasteiger partial charge in [-0.25, -0.2) is 4.79 Å². The Kier molecular flexibility index (Phi) is 3.24. The van der Waals surface area contributed by atoms with Crippen molar-refractivity contribution in [1.82, 2.24) is 20.4 Å². The summed E-state index contributed by atoms with van der Waals surface area (Å²) in [5.41, 5.74) is -1.24. The molecule has 9 heteroatoms. The minimum absolute atomic E-state index is 0.0979. The molecular weight excluding hydrogens is 332 g/mol. The number of rotatable bonds is 4. The van der Waals surface area contributed by atoms with Crippen molar-refractivity contribution in [3.05, 3.63) is 47.6 Å². The van der Waals surface area contributed by atoms with Crippen LogP contribution in [0.25, 0.3) is 10.7 Å². The Hall–Kier alpha value is -2.94. The van der Waals surface area contributed by atoms with E-state index in [4.69, 9.17) is 8.94 Å². The molecule has 1 N–H and O–H groups in total. The monoisotopic (exact) mass is 344 g/mol. The van der Waals surface area contributed by atoms with Crippen molar-refractivity contribution in [2.75, 3.05) is 0 Å². The molecule has 0 saturated carbocycles. The van der Waals surface area contributed by atoms with E-state index in [1.807, 2.05) is 17.5 Å². The predicted octanol–water partition coefficient (Wildman–Crippen LogP) is 2.36. The molecule has 24 heavy (non-hydrogen) atoms. The molecular formula is C15H12N4O4S. The number of furan rings is 1. The van der Waals surface area contributed by atoms with Crippen LogP contribution in [0.1, 0.15) is 18.6 Å². The van der Waals surface area contributed by atoms with E-state index in [-0.39, 0.29) is 12.4 Å². The summed E-state index contributed by atoms with van der Waals surface area (Å²) in [6, 6.07) is 6.51. The van der Waals surface area contributed by atoms with Gasteiger partial charge in [0.1, 0.15) is 12.3 Å². The molecule has 4 heterocycles. The average molecular weight is 344 g/mol. The van der Waals surface area contributed by atoms with Crippen molar-refractivity contribution >= 4 is 23.3 Å². The third kappa shape index (κ3) is 2.21. The quantitative estimate of drug-likeness (QED) is 0.729. The topological polar surface area (TPSA) is 101 Å². The van der Waals surface area contributed by atoms with Gasteiger partial charge in [-0.1, -0.05) is 11.2 Å². The molecule has 0 aromatic carbocycles. The minimum Gasteiger partial charge on any atom is -0.466 e. The van der Waals surface area contributed by atoms with Crippen molar-refractivity contribution in [3.8, 4) is 10.7 Å². The molecule has 4 rings (SSSR count). The van der Waals surface area contributed by atoms with Crippen LogP contribution in [0.2, 0.25) is 0 Å². The lowest BCUT2D eigenvalue weighted by molar-refractivity contribution is -0.132. The average Bonchev–Trinajstić information content (AvgIpc) is 3.34. The Morgan fingerprint density at radius 2 is 2.21 bits per heavy atom. The second-order valence-corrected chi connectivity index (χ2v) is 6.36. The molecule has 0 aliphatic carbocycles. The van der Waals surface area contributed by atoms with Crippen LogP contribution >= 0.6 is 11.3 Å². The molecule has 3 amide bonds. The van der Waals surface area contributed by atoms with Gasteiger partial charge in [-0.05, 0) is 30.5 Å². The van der Waals surface area contributed by atoms with Crippen molar-refractivity contribution in [2.45, 2.75) is 19.0 Å². The third-order valence-electron chi connectivity index (χ3n) is 3.79. The first kappa shape index (κ1) is 14.6. The standard InChI is InChI=1S/C15H12N4O4S/c1-15(10-5-2-6-22-10)13(20)19(14(21)17-15)8-11-16-12(18-23-11)9-4-3-7-24-9/h2-7H,8H2,1H3,(H,17,21)/t15-/m1/s1. The zero-order valence-corrected chi connectivity index (χ0v) is 13.4. The van der Waals surface area contributed by atoms with E-state index in [1.165, 1.54) is 17.6 Å².